The van der Waals surface area contributed by atoms with Crippen LogP contribution in [0, 0.1) is 0 Å². The second kappa shape index (κ2) is 9.36. The van der Waals surface area contributed by atoms with Gasteiger partial charge in [0.05, 0.1) is 17.3 Å². The van der Waals surface area contributed by atoms with Gasteiger partial charge in [0.15, 0.2) is 0 Å². The smallest absolute Gasteiger partial charge is 0.338 e. The number of nitrogens with zero attached hydrogens (tertiary/aromatic N) is 5. The topological polar surface area (TPSA) is 96.2 Å². The first kappa shape index (κ1) is 20.6. The van der Waals surface area contributed by atoms with E-state index in [9.17, 15) is 4.79 Å². The molecule has 154 valence electrons. The molecule has 29 heavy (non-hydrogen) atoms. The summed E-state index contributed by atoms with van der Waals surface area (Å²) in [6, 6.07) is 6.05. The maximum atomic E-state index is 11.2. The molecule has 0 fully saturated rings. The Bertz CT molecular complexity index is 984. The van der Waals surface area contributed by atoms with Crippen LogP contribution in [0.1, 0.15) is 49.9 Å². The van der Waals surface area contributed by atoms with E-state index in [-0.39, 0.29) is 5.56 Å². The molecule has 0 bridgehead atoms. The van der Waals surface area contributed by atoms with E-state index in [0.717, 1.165) is 41.9 Å². The number of fused-ring (bicyclic) bond motifs is 1. The third-order valence-electron chi connectivity index (χ3n) is 4.89. The molecular weight excluding hydrogens is 368 g/mol. The van der Waals surface area contributed by atoms with Crippen LogP contribution in [-0.2, 0) is 0 Å². The fourth-order valence-corrected chi connectivity index (χ4v) is 3.08. The molecule has 0 saturated carbocycles. The summed E-state index contributed by atoms with van der Waals surface area (Å²) >= 11 is 0. The number of carbonyl (C=O) groups is 1. The largest absolute Gasteiger partial charge is 0.478 e. The molecule has 2 aromatic heterocycles. The van der Waals surface area contributed by atoms with Crippen LogP contribution in [0.4, 0.5) is 11.5 Å². The highest BCUT2D eigenvalue weighted by atomic mass is 16.4. The monoisotopic (exact) mass is 396 g/mol. The van der Waals surface area contributed by atoms with Crippen molar-refractivity contribution >= 4 is 28.4 Å². The summed E-state index contributed by atoms with van der Waals surface area (Å²) in [5.41, 5.74) is 1.93. The average Bonchev–Trinajstić information content (AvgIpc) is 3.23. The highest BCUT2D eigenvalue weighted by Crippen LogP contribution is 2.27. The van der Waals surface area contributed by atoms with E-state index in [1.54, 1.807) is 0 Å². The molecule has 1 aromatic carbocycles. The Morgan fingerprint density at radius 2 is 2.03 bits per heavy atom. The number of carboxylic acids is 1. The lowest BCUT2D eigenvalue weighted by atomic mass is 10.2. The molecule has 0 saturated heterocycles. The highest BCUT2D eigenvalue weighted by Gasteiger charge is 2.15. The molecular formula is C21H28N6O2. The number of rotatable bonds is 10. The predicted octanol–water partition coefficient (Wildman–Crippen LogP) is 3.96. The summed E-state index contributed by atoms with van der Waals surface area (Å²) in [6.07, 6.45) is 7.59. The zero-order chi connectivity index (χ0) is 20.8. The van der Waals surface area contributed by atoms with Crippen LogP contribution >= 0.6 is 0 Å². The fourth-order valence-electron chi connectivity index (χ4n) is 3.08. The summed E-state index contributed by atoms with van der Waals surface area (Å²) in [5.74, 6) is 0.104. The number of anilines is 2. The Labute approximate surface area is 170 Å². The van der Waals surface area contributed by atoms with Gasteiger partial charge in [0.25, 0.3) is 5.95 Å². The van der Waals surface area contributed by atoms with E-state index < -0.39 is 5.97 Å². The third kappa shape index (κ3) is 4.82. The minimum atomic E-state index is -1.03. The third-order valence-corrected chi connectivity index (χ3v) is 4.89. The van der Waals surface area contributed by atoms with E-state index in [1.807, 2.05) is 24.1 Å². The van der Waals surface area contributed by atoms with Gasteiger partial charge in [-0.15, -0.1) is 0 Å². The molecule has 0 aliphatic rings. The van der Waals surface area contributed by atoms with E-state index in [0.29, 0.717) is 5.95 Å². The van der Waals surface area contributed by atoms with Crippen LogP contribution in [0.3, 0.4) is 0 Å². The number of hydrogen-bond acceptors (Lipinski definition) is 6. The van der Waals surface area contributed by atoms with Crippen molar-refractivity contribution in [1.29, 1.82) is 0 Å². The summed E-state index contributed by atoms with van der Waals surface area (Å²) < 4.78 is 1.40. The van der Waals surface area contributed by atoms with Crippen molar-refractivity contribution in [3.8, 4) is 5.95 Å². The van der Waals surface area contributed by atoms with Crippen molar-refractivity contribution < 1.29 is 9.90 Å². The van der Waals surface area contributed by atoms with Crippen LogP contribution in [-0.4, -0.2) is 51.0 Å². The van der Waals surface area contributed by atoms with Crippen molar-refractivity contribution in [2.24, 2.45) is 0 Å². The zero-order valence-corrected chi connectivity index (χ0v) is 17.2. The lowest BCUT2D eigenvalue weighted by Crippen LogP contribution is -2.19. The summed E-state index contributed by atoms with van der Waals surface area (Å²) in [5, 5.41) is 17.7. The molecule has 0 aliphatic heterocycles. The van der Waals surface area contributed by atoms with Gasteiger partial charge in [-0.3, -0.25) is 0 Å². The molecule has 0 radical (unpaired) electrons. The van der Waals surface area contributed by atoms with E-state index in [2.05, 4.69) is 40.3 Å². The van der Waals surface area contributed by atoms with Gasteiger partial charge >= 0.3 is 5.97 Å². The molecule has 0 atom stereocenters. The van der Waals surface area contributed by atoms with E-state index in [4.69, 9.17) is 5.11 Å². The molecule has 0 unspecified atom stereocenters. The minimum Gasteiger partial charge on any atom is -0.478 e. The molecule has 3 rings (SSSR count). The van der Waals surface area contributed by atoms with Gasteiger partial charge < -0.3 is 15.3 Å². The average molecular weight is 396 g/mol. The molecule has 8 nitrogen and oxygen atoms in total. The van der Waals surface area contributed by atoms with Crippen molar-refractivity contribution in [3.05, 3.63) is 36.2 Å². The standard InChI is InChI=1S/C21H28N6O2/c1-4-6-7-8-11-22-16-9-10-18-17(12-16)19(26(3)5-2)25-21(24-18)27-14-15(13-23-27)20(28)29/h9-10,12-14,22H,4-8,11H2,1-3H3,(H,28,29). The van der Waals surface area contributed by atoms with Crippen LogP contribution in [0.2, 0.25) is 0 Å². The second-order valence-electron chi connectivity index (χ2n) is 7.06. The summed E-state index contributed by atoms with van der Waals surface area (Å²) in [6.45, 7) is 5.98. The molecule has 8 heteroatoms. The zero-order valence-electron chi connectivity index (χ0n) is 17.2. The Balaban J connectivity index is 1.93. The lowest BCUT2D eigenvalue weighted by molar-refractivity contribution is 0.0697. The lowest BCUT2D eigenvalue weighted by Gasteiger charge is -2.19. The maximum Gasteiger partial charge on any atom is 0.338 e. The Hall–Kier alpha value is -3.16. The number of carboxylic acid groups (broad SMARTS) is 1. The van der Waals surface area contributed by atoms with Crippen LogP contribution < -0.4 is 10.2 Å². The molecule has 2 N–H and O–H groups in total. The predicted molar refractivity (Wildman–Crippen MR) is 115 cm³/mol. The van der Waals surface area contributed by atoms with Gasteiger partial charge in [-0.2, -0.15) is 10.1 Å². The summed E-state index contributed by atoms with van der Waals surface area (Å²) in [7, 11) is 1.97. The van der Waals surface area contributed by atoms with Crippen LogP contribution in [0.5, 0.6) is 0 Å². The number of aromatic carboxylic acids is 1. The summed E-state index contributed by atoms with van der Waals surface area (Å²) in [4.78, 5) is 22.5. The van der Waals surface area contributed by atoms with Gasteiger partial charge in [0.2, 0.25) is 0 Å². The second-order valence-corrected chi connectivity index (χ2v) is 7.06. The van der Waals surface area contributed by atoms with Gasteiger partial charge in [0.1, 0.15) is 5.82 Å². The first-order valence-electron chi connectivity index (χ1n) is 10.1. The normalized spacial score (nSPS) is 11.0. The Kier molecular flexibility index (Phi) is 6.64. The Morgan fingerprint density at radius 3 is 2.72 bits per heavy atom. The number of aromatic nitrogens is 4. The number of unbranched alkanes of at least 4 members (excludes halogenated alkanes) is 3. The van der Waals surface area contributed by atoms with Crippen molar-refractivity contribution in [3.63, 3.8) is 0 Å². The fraction of sp³-hybridized carbons (Fsp3) is 0.429. The van der Waals surface area contributed by atoms with Crippen LogP contribution in [0.25, 0.3) is 16.9 Å². The molecule has 0 aliphatic carbocycles. The van der Waals surface area contributed by atoms with E-state index >= 15 is 0 Å². The first-order chi connectivity index (χ1) is 14.0. The molecule has 0 spiro atoms. The van der Waals surface area contributed by atoms with E-state index in [1.165, 1.54) is 36.3 Å². The molecule has 0 amide bonds. The molecule has 3 aromatic rings. The van der Waals surface area contributed by atoms with Crippen molar-refractivity contribution in [2.45, 2.75) is 39.5 Å². The van der Waals surface area contributed by atoms with Gasteiger partial charge in [-0.1, -0.05) is 26.2 Å². The van der Waals surface area contributed by atoms with Gasteiger partial charge in [-0.25, -0.2) is 14.5 Å². The highest BCUT2D eigenvalue weighted by molar-refractivity contribution is 5.92. The van der Waals surface area contributed by atoms with Crippen LogP contribution in [0.15, 0.2) is 30.6 Å². The van der Waals surface area contributed by atoms with Crippen molar-refractivity contribution in [2.75, 3.05) is 30.4 Å². The van der Waals surface area contributed by atoms with Crippen molar-refractivity contribution in [1.82, 2.24) is 19.7 Å². The van der Waals surface area contributed by atoms with Gasteiger partial charge in [-0.05, 0) is 31.5 Å². The minimum absolute atomic E-state index is 0.0988. The number of hydrogen-bond donors (Lipinski definition) is 2. The molecule has 2 heterocycles. The number of benzene rings is 1. The Morgan fingerprint density at radius 1 is 1.21 bits per heavy atom. The first-order valence-corrected chi connectivity index (χ1v) is 10.1. The maximum absolute atomic E-state index is 11.2. The quantitative estimate of drug-likeness (QED) is 0.501. The van der Waals surface area contributed by atoms with Gasteiger partial charge in [0, 0.05) is 37.4 Å². The number of nitrogens with one attached hydrogen (secondary N) is 1. The SMILES string of the molecule is CCCCCCNc1ccc2nc(-n3cc(C(=O)O)cn3)nc(N(C)CC)c2c1.